The molecule has 3 saturated heterocycles. The molecule has 1 unspecified atom stereocenters. The van der Waals surface area contributed by atoms with Crippen LogP contribution < -0.4 is 10.6 Å². The lowest BCUT2D eigenvalue weighted by Gasteiger charge is -2.42. The van der Waals surface area contributed by atoms with Gasteiger partial charge < -0.3 is 10.6 Å². The largest absolute Gasteiger partial charge is 0.367 e. The Balaban J connectivity index is 1.25. The second-order valence-corrected chi connectivity index (χ2v) is 11.1. The predicted octanol–water partition coefficient (Wildman–Crippen LogP) is 2.76. The molecule has 10 nitrogen and oxygen atoms in total. The van der Waals surface area contributed by atoms with Gasteiger partial charge in [-0.1, -0.05) is 0 Å². The van der Waals surface area contributed by atoms with E-state index in [9.17, 15) is 8.42 Å². The molecule has 6 heterocycles. The Bertz CT molecular complexity index is 1270. The van der Waals surface area contributed by atoms with Gasteiger partial charge in [-0.15, -0.1) is 0 Å². The second kappa shape index (κ2) is 7.93. The van der Waals surface area contributed by atoms with Crippen molar-refractivity contribution in [2.24, 2.45) is 0 Å². The van der Waals surface area contributed by atoms with E-state index in [-0.39, 0.29) is 18.1 Å². The summed E-state index contributed by atoms with van der Waals surface area (Å²) < 4.78 is 29.6. The maximum atomic E-state index is 13.1. The van der Waals surface area contributed by atoms with Gasteiger partial charge in [-0.3, -0.25) is 10.1 Å². The number of nitrogens with one attached hydrogen (secondary N) is 3. The summed E-state index contributed by atoms with van der Waals surface area (Å²) in [4.78, 5) is 9.36. The van der Waals surface area contributed by atoms with E-state index in [0.29, 0.717) is 24.7 Å². The number of piperidine rings is 1. The number of hydrogen-bond acceptors (Lipinski definition) is 7. The fourth-order valence-corrected chi connectivity index (χ4v) is 7.46. The lowest BCUT2D eigenvalue weighted by molar-refractivity contribution is 0.199. The van der Waals surface area contributed by atoms with Gasteiger partial charge in [0.25, 0.3) is 10.2 Å². The zero-order valence-electron chi connectivity index (χ0n) is 18.5. The van der Waals surface area contributed by atoms with Crippen LogP contribution in [0.3, 0.4) is 0 Å². The molecule has 0 spiro atoms. The summed E-state index contributed by atoms with van der Waals surface area (Å²) in [6.45, 7) is 3.25. The normalized spacial score (nSPS) is 25.8. The van der Waals surface area contributed by atoms with E-state index in [4.69, 9.17) is 4.98 Å². The Morgan fingerprint density at radius 3 is 2.58 bits per heavy atom. The lowest BCUT2D eigenvalue weighted by Crippen LogP contribution is -2.57. The van der Waals surface area contributed by atoms with Crippen LogP contribution in [-0.4, -0.2) is 68.4 Å². The summed E-state index contributed by atoms with van der Waals surface area (Å²) in [5.41, 5.74) is 1.80. The zero-order valence-corrected chi connectivity index (χ0v) is 19.3. The van der Waals surface area contributed by atoms with Crippen molar-refractivity contribution in [3.8, 4) is 0 Å². The van der Waals surface area contributed by atoms with Crippen LogP contribution in [0.25, 0.3) is 10.9 Å². The minimum Gasteiger partial charge on any atom is -0.367 e. The van der Waals surface area contributed by atoms with Crippen molar-refractivity contribution < 1.29 is 8.42 Å². The van der Waals surface area contributed by atoms with Crippen LogP contribution in [0.2, 0.25) is 0 Å². The molecule has 3 fully saturated rings. The Morgan fingerprint density at radius 2 is 1.91 bits per heavy atom. The van der Waals surface area contributed by atoms with Crippen molar-refractivity contribution in [1.29, 1.82) is 0 Å². The first-order chi connectivity index (χ1) is 16.0. The van der Waals surface area contributed by atoms with Crippen molar-refractivity contribution in [1.82, 2.24) is 28.8 Å². The summed E-state index contributed by atoms with van der Waals surface area (Å²) in [7, 11) is -3.34. The molecule has 0 amide bonds. The highest BCUT2D eigenvalue weighted by Crippen LogP contribution is 2.40. The SMILES string of the molecule is Cc1cc(Nc2cc3ncccc3c(NC3C[C@H]4CC[C@@H](C3)N4S(=O)(=O)N3CCC3)n2)n[nH]1. The monoisotopic (exact) mass is 468 g/mol. The molecule has 174 valence electrons. The van der Waals surface area contributed by atoms with Crippen LogP contribution in [0.1, 0.15) is 37.8 Å². The second-order valence-electron chi connectivity index (χ2n) is 9.28. The fourth-order valence-electron chi connectivity index (χ4n) is 5.34. The molecule has 6 rings (SSSR count). The van der Waals surface area contributed by atoms with E-state index in [1.165, 1.54) is 0 Å². The van der Waals surface area contributed by atoms with Crippen molar-refractivity contribution in [2.45, 2.75) is 57.2 Å². The smallest absolute Gasteiger partial charge is 0.282 e. The van der Waals surface area contributed by atoms with Gasteiger partial charge in [-0.05, 0) is 51.2 Å². The van der Waals surface area contributed by atoms with Gasteiger partial charge >= 0.3 is 0 Å². The average molecular weight is 469 g/mol. The van der Waals surface area contributed by atoms with E-state index < -0.39 is 10.2 Å². The summed E-state index contributed by atoms with van der Waals surface area (Å²) in [6, 6.07) is 8.00. The summed E-state index contributed by atoms with van der Waals surface area (Å²) in [6.07, 6.45) is 6.14. The Labute approximate surface area is 193 Å². The third-order valence-corrected chi connectivity index (χ3v) is 9.12. The van der Waals surface area contributed by atoms with Gasteiger partial charge in [-0.2, -0.15) is 22.1 Å². The highest BCUT2D eigenvalue weighted by molar-refractivity contribution is 7.86. The molecule has 0 radical (unpaired) electrons. The number of aromatic amines is 1. The average Bonchev–Trinajstić information content (AvgIpc) is 3.27. The maximum absolute atomic E-state index is 13.1. The number of anilines is 3. The molecule has 3 aromatic heterocycles. The minimum absolute atomic E-state index is 0.0459. The molecular weight excluding hydrogens is 440 g/mol. The summed E-state index contributed by atoms with van der Waals surface area (Å²) in [5.74, 6) is 2.12. The Morgan fingerprint density at radius 1 is 1.12 bits per heavy atom. The van der Waals surface area contributed by atoms with Gasteiger partial charge in [-0.25, -0.2) is 4.98 Å². The molecule has 3 aromatic rings. The van der Waals surface area contributed by atoms with E-state index in [0.717, 1.165) is 54.5 Å². The summed E-state index contributed by atoms with van der Waals surface area (Å²) in [5, 5.41) is 15.0. The lowest BCUT2D eigenvalue weighted by atomic mass is 9.99. The predicted molar refractivity (Wildman–Crippen MR) is 127 cm³/mol. The van der Waals surface area contributed by atoms with Gasteiger partial charge in [0.1, 0.15) is 11.6 Å². The number of H-pyrrole nitrogens is 1. The first-order valence-electron chi connectivity index (χ1n) is 11.6. The first-order valence-corrected chi connectivity index (χ1v) is 13.0. The van der Waals surface area contributed by atoms with Crippen molar-refractivity contribution in [3.05, 3.63) is 36.2 Å². The van der Waals surface area contributed by atoms with Crippen molar-refractivity contribution in [3.63, 3.8) is 0 Å². The highest BCUT2D eigenvalue weighted by Gasteiger charge is 2.49. The molecule has 0 aromatic carbocycles. The molecule has 2 bridgehead atoms. The van der Waals surface area contributed by atoms with Crippen LogP contribution in [0.4, 0.5) is 17.5 Å². The molecule has 0 saturated carbocycles. The topological polar surface area (TPSA) is 119 Å². The number of pyridine rings is 2. The van der Waals surface area contributed by atoms with Crippen LogP contribution in [0.5, 0.6) is 0 Å². The number of aromatic nitrogens is 4. The van der Waals surface area contributed by atoms with Gasteiger partial charge in [0.05, 0.1) is 5.52 Å². The Kier molecular flexibility index (Phi) is 5.00. The molecule has 11 heteroatoms. The summed E-state index contributed by atoms with van der Waals surface area (Å²) >= 11 is 0. The Hall–Kier alpha value is -2.76. The standard InChI is InChI=1S/C22H28N8O2S/c1-14-10-21(28-27-14)25-20-13-19-18(4-2-7-23-19)22(26-20)24-15-11-16-5-6-17(12-15)30(16)33(31,32)29-8-3-9-29/h2,4,7,10,13,15-17H,3,5-6,8-9,11-12H2,1H3,(H3,24,25,26,27,28)/t15?,16-,17+. The van der Waals surface area contributed by atoms with E-state index >= 15 is 0 Å². The minimum atomic E-state index is -3.34. The third kappa shape index (κ3) is 3.73. The first kappa shape index (κ1) is 20.8. The fraction of sp³-hybridized carbons (Fsp3) is 0.500. The quantitative estimate of drug-likeness (QED) is 0.509. The molecule has 3 N–H and O–H groups in total. The number of hydrogen-bond donors (Lipinski definition) is 3. The van der Waals surface area contributed by atoms with Crippen molar-refractivity contribution >= 4 is 38.6 Å². The molecule has 3 aliphatic heterocycles. The van der Waals surface area contributed by atoms with Crippen LogP contribution in [-0.2, 0) is 10.2 Å². The zero-order chi connectivity index (χ0) is 22.6. The van der Waals surface area contributed by atoms with E-state index in [1.54, 1.807) is 14.8 Å². The third-order valence-electron chi connectivity index (χ3n) is 6.98. The molecule has 3 aliphatic rings. The van der Waals surface area contributed by atoms with Crippen molar-refractivity contribution in [2.75, 3.05) is 23.7 Å². The number of rotatable bonds is 6. The van der Waals surface area contributed by atoms with Crippen LogP contribution >= 0.6 is 0 Å². The number of aryl methyl sites for hydroxylation is 1. The number of fused-ring (bicyclic) bond motifs is 3. The van der Waals surface area contributed by atoms with E-state index in [1.807, 2.05) is 31.2 Å². The van der Waals surface area contributed by atoms with Crippen LogP contribution in [0, 0.1) is 6.92 Å². The van der Waals surface area contributed by atoms with Crippen LogP contribution in [0.15, 0.2) is 30.5 Å². The maximum Gasteiger partial charge on any atom is 0.282 e. The molecule has 3 atom stereocenters. The van der Waals surface area contributed by atoms with Gasteiger partial charge in [0, 0.05) is 60.6 Å². The molecule has 33 heavy (non-hydrogen) atoms. The molecular formula is C22H28N8O2S. The van der Waals surface area contributed by atoms with E-state index in [2.05, 4.69) is 25.8 Å². The molecule has 0 aliphatic carbocycles. The highest BCUT2D eigenvalue weighted by atomic mass is 32.2. The van der Waals surface area contributed by atoms with Gasteiger partial charge in [0.2, 0.25) is 0 Å². The van der Waals surface area contributed by atoms with Gasteiger partial charge in [0.15, 0.2) is 5.82 Å². The number of nitrogens with zero attached hydrogens (tertiary/aromatic N) is 5.